The van der Waals surface area contributed by atoms with E-state index in [2.05, 4.69) is 4.98 Å². The molecule has 116 valence electrons. The summed E-state index contributed by atoms with van der Waals surface area (Å²) in [5, 5.41) is 5.38. The number of fused-ring (bicyclic) bond motifs is 1. The fourth-order valence-electron chi connectivity index (χ4n) is 3.35. The predicted molar refractivity (Wildman–Crippen MR) is 88.3 cm³/mol. The molecule has 0 spiro atoms. The van der Waals surface area contributed by atoms with Gasteiger partial charge in [-0.15, -0.1) is 0 Å². The Morgan fingerprint density at radius 2 is 1.78 bits per heavy atom. The van der Waals surface area contributed by atoms with Gasteiger partial charge in [-0.05, 0) is 18.9 Å². The summed E-state index contributed by atoms with van der Waals surface area (Å²) in [5.41, 5.74) is 2.35. The number of nitrogens with one attached hydrogen (secondary N) is 1. The minimum absolute atomic E-state index is 0.125. The molecule has 1 N–H and O–H groups in total. The fraction of sp³-hybridized carbons (Fsp3) is 0.278. The van der Waals surface area contributed by atoms with Crippen LogP contribution in [0.3, 0.4) is 0 Å². The van der Waals surface area contributed by atoms with Crippen molar-refractivity contribution in [1.29, 1.82) is 0 Å². The van der Waals surface area contributed by atoms with Crippen molar-refractivity contribution in [2.45, 2.75) is 31.7 Å². The van der Waals surface area contributed by atoms with Gasteiger partial charge in [0.1, 0.15) is 11.5 Å². The number of hydrogen-bond acceptors (Lipinski definition) is 3. The second-order valence-electron chi connectivity index (χ2n) is 6.00. The lowest BCUT2D eigenvalue weighted by Crippen LogP contribution is -2.19. The molecule has 0 aliphatic heterocycles. The third kappa shape index (κ3) is 2.38. The van der Waals surface area contributed by atoms with E-state index in [1.807, 2.05) is 41.1 Å². The molecule has 0 unspecified atom stereocenters. The Bertz CT molecular complexity index is 914. The molecule has 3 aromatic rings. The Kier molecular flexibility index (Phi) is 3.33. The Morgan fingerprint density at radius 3 is 2.52 bits per heavy atom. The number of pyridine rings is 1. The molecule has 0 radical (unpaired) electrons. The summed E-state index contributed by atoms with van der Waals surface area (Å²) < 4.78 is 1.94. The average Bonchev–Trinajstić information content (AvgIpc) is 2.97. The van der Waals surface area contributed by atoms with Gasteiger partial charge in [-0.3, -0.25) is 14.3 Å². The first-order valence-corrected chi connectivity index (χ1v) is 7.91. The van der Waals surface area contributed by atoms with Gasteiger partial charge in [0.2, 0.25) is 0 Å². The van der Waals surface area contributed by atoms with Crippen LogP contribution in [0.15, 0.2) is 47.4 Å². The number of rotatable bonds is 2. The molecule has 1 aromatic carbocycles. The van der Waals surface area contributed by atoms with E-state index in [9.17, 15) is 9.59 Å². The number of carbonyl (C=O) groups excluding carboxylic acids is 1. The second kappa shape index (κ2) is 5.50. The SMILES string of the molecule is O=C1CCC(n2nc(-c3ccccc3)c3c(=O)[nH]ccc32)CC1. The van der Waals surface area contributed by atoms with Crippen LogP contribution in [0, 0.1) is 0 Å². The molecule has 2 aromatic heterocycles. The van der Waals surface area contributed by atoms with E-state index in [1.165, 1.54) is 0 Å². The zero-order valence-electron chi connectivity index (χ0n) is 12.7. The van der Waals surface area contributed by atoms with Crippen molar-refractivity contribution >= 4 is 16.7 Å². The van der Waals surface area contributed by atoms with Crippen LogP contribution >= 0.6 is 0 Å². The number of benzene rings is 1. The van der Waals surface area contributed by atoms with Crippen LogP contribution in [0.2, 0.25) is 0 Å². The molecular weight excluding hydrogens is 290 g/mol. The van der Waals surface area contributed by atoms with Crippen molar-refractivity contribution in [3.8, 4) is 11.3 Å². The van der Waals surface area contributed by atoms with Gasteiger partial charge in [0.15, 0.2) is 0 Å². The van der Waals surface area contributed by atoms with Crippen molar-refractivity contribution in [3.05, 3.63) is 52.9 Å². The lowest BCUT2D eigenvalue weighted by Gasteiger charge is -2.22. The number of aromatic nitrogens is 3. The molecule has 5 heteroatoms. The highest BCUT2D eigenvalue weighted by molar-refractivity contribution is 5.92. The molecule has 0 amide bonds. The minimum Gasteiger partial charge on any atom is -0.328 e. The van der Waals surface area contributed by atoms with Gasteiger partial charge in [-0.1, -0.05) is 30.3 Å². The maximum atomic E-state index is 12.4. The number of hydrogen-bond donors (Lipinski definition) is 1. The van der Waals surface area contributed by atoms with Crippen LogP contribution in [0.4, 0.5) is 0 Å². The van der Waals surface area contributed by atoms with Crippen LogP contribution in [-0.4, -0.2) is 20.5 Å². The van der Waals surface area contributed by atoms with Gasteiger partial charge in [-0.2, -0.15) is 5.10 Å². The lowest BCUT2D eigenvalue weighted by molar-refractivity contribution is -0.120. The largest absolute Gasteiger partial charge is 0.328 e. The van der Waals surface area contributed by atoms with E-state index in [1.54, 1.807) is 6.20 Å². The number of Topliss-reactive ketones (excluding diaryl/α,β-unsaturated/α-hetero) is 1. The summed E-state index contributed by atoms with van der Waals surface area (Å²) >= 11 is 0. The van der Waals surface area contributed by atoms with Crippen molar-refractivity contribution in [3.63, 3.8) is 0 Å². The van der Waals surface area contributed by atoms with Gasteiger partial charge in [0.05, 0.1) is 16.9 Å². The van der Waals surface area contributed by atoms with Crippen LogP contribution in [0.5, 0.6) is 0 Å². The van der Waals surface area contributed by atoms with Gasteiger partial charge in [0.25, 0.3) is 5.56 Å². The summed E-state index contributed by atoms with van der Waals surface area (Å²) in [6.07, 6.45) is 4.42. The van der Waals surface area contributed by atoms with Gasteiger partial charge in [0, 0.05) is 24.6 Å². The summed E-state index contributed by atoms with van der Waals surface area (Å²) in [6, 6.07) is 11.8. The topological polar surface area (TPSA) is 67.8 Å². The summed E-state index contributed by atoms with van der Waals surface area (Å²) in [7, 11) is 0. The molecule has 5 nitrogen and oxygen atoms in total. The van der Waals surface area contributed by atoms with Crippen LogP contribution in [-0.2, 0) is 4.79 Å². The van der Waals surface area contributed by atoms with Crippen LogP contribution in [0.25, 0.3) is 22.2 Å². The van der Waals surface area contributed by atoms with E-state index in [0.717, 1.165) is 23.9 Å². The van der Waals surface area contributed by atoms with E-state index < -0.39 is 0 Å². The summed E-state index contributed by atoms with van der Waals surface area (Å²) in [4.78, 5) is 26.6. The molecule has 1 aliphatic carbocycles. The Labute approximate surface area is 133 Å². The number of ketones is 1. The molecular formula is C18H17N3O2. The number of H-pyrrole nitrogens is 1. The molecule has 0 saturated heterocycles. The predicted octanol–water partition coefficient (Wildman–Crippen LogP) is 3.08. The molecule has 1 saturated carbocycles. The molecule has 23 heavy (non-hydrogen) atoms. The highest BCUT2D eigenvalue weighted by Crippen LogP contribution is 2.32. The minimum atomic E-state index is -0.125. The maximum Gasteiger partial charge on any atom is 0.259 e. The van der Waals surface area contributed by atoms with E-state index in [-0.39, 0.29) is 11.6 Å². The third-order valence-corrected chi connectivity index (χ3v) is 4.54. The Hall–Kier alpha value is -2.69. The Balaban J connectivity index is 1.91. The first kappa shape index (κ1) is 13.9. The maximum absolute atomic E-state index is 12.4. The monoisotopic (exact) mass is 307 g/mol. The second-order valence-corrected chi connectivity index (χ2v) is 6.00. The number of carbonyl (C=O) groups is 1. The van der Waals surface area contributed by atoms with Gasteiger partial charge >= 0.3 is 0 Å². The van der Waals surface area contributed by atoms with Gasteiger partial charge < -0.3 is 4.98 Å². The summed E-state index contributed by atoms with van der Waals surface area (Å²) in [5.74, 6) is 0.318. The van der Waals surface area contributed by atoms with Crippen molar-refractivity contribution in [2.75, 3.05) is 0 Å². The summed E-state index contributed by atoms with van der Waals surface area (Å²) in [6.45, 7) is 0. The number of nitrogens with zero attached hydrogens (tertiary/aromatic N) is 2. The highest BCUT2D eigenvalue weighted by atomic mass is 16.1. The first-order valence-electron chi connectivity index (χ1n) is 7.91. The van der Waals surface area contributed by atoms with E-state index >= 15 is 0 Å². The van der Waals surface area contributed by atoms with Crippen molar-refractivity contribution in [1.82, 2.24) is 14.8 Å². The van der Waals surface area contributed by atoms with Gasteiger partial charge in [-0.25, -0.2) is 0 Å². The first-order chi connectivity index (χ1) is 11.2. The normalized spacial score (nSPS) is 16.1. The van der Waals surface area contributed by atoms with E-state index in [4.69, 9.17) is 5.10 Å². The number of aromatic amines is 1. The quantitative estimate of drug-likeness (QED) is 0.791. The molecule has 1 aliphatic rings. The standard InChI is InChI=1S/C18H17N3O2/c22-14-8-6-13(7-9-14)21-15-10-11-19-18(23)16(15)17(20-21)12-4-2-1-3-5-12/h1-5,10-11,13H,6-9H2,(H,19,23). The molecule has 2 heterocycles. The molecule has 4 rings (SSSR count). The van der Waals surface area contributed by atoms with Crippen LogP contribution < -0.4 is 5.56 Å². The third-order valence-electron chi connectivity index (χ3n) is 4.54. The molecule has 1 fully saturated rings. The van der Waals surface area contributed by atoms with Crippen molar-refractivity contribution in [2.24, 2.45) is 0 Å². The smallest absolute Gasteiger partial charge is 0.259 e. The zero-order chi connectivity index (χ0) is 15.8. The Morgan fingerprint density at radius 1 is 1.04 bits per heavy atom. The highest BCUT2D eigenvalue weighted by Gasteiger charge is 2.24. The molecule has 0 bridgehead atoms. The van der Waals surface area contributed by atoms with Crippen molar-refractivity contribution < 1.29 is 4.79 Å². The molecule has 0 atom stereocenters. The van der Waals surface area contributed by atoms with E-state index in [0.29, 0.717) is 29.7 Å². The van der Waals surface area contributed by atoms with Crippen LogP contribution in [0.1, 0.15) is 31.7 Å². The zero-order valence-corrected chi connectivity index (χ0v) is 12.7. The lowest BCUT2D eigenvalue weighted by atomic mass is 9.94. The average molecular weight is 307 g/mol. The fourth-order valence-corrected chi connectivity index (χ4v) is 3.35.